The van der Waals surface area contributed by atoms with E-state index in [1.807, 2.05) is 31.2 Å². The minimum atomic E-state index is -0.463. The Kier molecular flexibility index (Phi) is 4.59. The van der Waals surface area contributed by atoms with Crippen LogP contribution < -0.4 is 5.56 Å². The van der Waals surface area contributed by atoms with Crippen LogP contribution in [-0.2, 0) is 0 Å². The van der Waals surface area contributed by atoms with Crippen molar-refractivity contribution in [2.75, 3.05) is 0 Å². The molecule has 8 nitrogen and oxygen atoms in total. The van der Waals surface area contributed by atoms with E-state index < -0.39 is 4.92 Å². The van der Waals surface area contributed by atoms with Gasteiger partial charge < -0.3 is 0 Å². The number of benzene rings is 2. The lowest BCUT2D eigenvalue weighted by Crippen LogP contribution is -2.19. The first-order valence-electron chi connectivity index (χ1n) is 8.83. The first-order valence-corrected chi connectivity index (χ1v) is 9.65. The second kappa shape index (κ2) is 7.10. The number of para-hydroxylation sites is 1. The summed E-state index contributed by atoms with van der Waals surface area (Å²) in [5, 5.41) is 14.7. The van der Waals surface area contributed by atoms with Gasteiger partial charge in [0.1, 0.15) is 0 Å². The zero-order valence-electron chi connectivity index (χ0n) is 16.0. The Labute approximate surface area is 169 Å². The largest absolute Gasteiger partial charge is 0.293 e. The van der Waals surface area contributed by atoms with Gasteiger partial charge in [0.25, 0.3) is 11.2 Å². The van der Waals surface area contributed by atoms with Crippen molar-refractivity contribution in [3.8, 4) is 5.13 Å². The molecule has 0 fully saturated rings. The van der Waals surface area contributed by atoms with Crippen LogP contribution in [-0.4, -0.2) is 25.4 Å². The summed E-state index contributed by atoms with van der Waals surface area (Å²) in [6.07, 6.45) is 0. The zero-order chi connectivity index (χ0) is 20.7. The van der Waals surface area contributed by atoms with Crippen molar-refractivity contribution in [3.63, 3.8) is 0 Å². The average Bonchev–Trinajstić information content (AvgIpc) is 3.23. The third kappa shape index (κ3) is 3.36. The molecule has 0 radical (unpaired) electrons. The third-order valence-electron chi connectivity index (χ3n) is 4.60. The molecule has 0 bridgehead atoms. The van der Waals surface area contributed by atoms with E-state index >= 15 is 0 Å². The lowest BCUT2D eigenvalue weighted by atomic mass is 10.1. The highest BCUT2D eigenvalue weighted by Gasteiger charge is 2.18. The monoisotopic (exact) mass is 407 g/mol. The number of nitro benzene ring substituents is 1. The summed E-state index contributed by atoms with van der Waals surface area (Å²) in [6, 6.07) is 12.2. The molecule has 0 saturated carbocycles. The van der Waals surface area contributed by atoms with Gasteiger partial charge in [0.05, 0.1) is 32.1 Å². The highest BCUT2D eigenvalue weighted by Crippen LogP contribution is 2.26. The van der Waals surface area contributed by atoms with Gasteiger partial charge in [-0.3, -0.25) is 25.0 Å². The Hall–Kier alpha value is -3.59. The molecule has 0 amide bonds. The van der Waals surface area contributed by atoms with E-state index in [2.05, 4.69) is 15.1 Å². The van der Waals surface area contributed by atoms with Crippen LogP contribution in [0.25, 0.3) is 15.3 Å². The number of H-pyrrole nitrogens is 1. The van der Waals surface area contributed by atoms with E-state index in [-0.39, 0.29) is 11.2 Å². The van der Waals surface area contributed by atoms with Crippen LogP contribution in [0.15, 0.2) is 52.3 Å². The van der Waals surface area contributed by atoms with Crippen LogP contribution in [0.3, 0.4) is 0 Å². The quantitative estimate of drug-likeness (QED) is 0.306. The maximum atomic E-state index is 13.1. The predicted molar refractivity (Wildman–Crippen MR) is 114 cm³/mol. The molecular formula is C20H17N5O3S. The SMILES string of the molecule is CC(=Nc1cc([N+](=O)[O-])ccc1C)c1c(C)[nH]n(-c2nc3ccccc3s2)c1=O. The van der Waals surface area contributed by atoms with Gasteiger partial charge in [0, 0.05) is 17.8 Å². The van der Waals surface area contributed by atoms with E-state index in [4.69, 9.17) is 0 Å². The van der Waals surface area contributed by atoms with E-state index in [1.54, 1.807) is 19.9 Å². The number of nitrogens with zero attached hydrogens (tertiary/aromatic N) is 4. The standard InChI is InChI=1S/C20H17N5O3S/c1-11-8-9-14(25(27)28)10-16(11)21-12(2)18-13(3)23-24(19(18)26)20-22-15-6-4-5-7-17(15)29-20/h4-10,23H,1-3H3. The first-order chi connectivity index (χ1) is 13.8. The molecule has 4 rings (SSSR count). The topological polar surface area (TPSA) is 106 Å². The molecule has 1 N–H and O–H groups in total. The Balaban J connectivity index is 1.80. The minimum absolute atomic E-state index is 0.0418. The summed E-state index contributed by atoms with van der Waals surface area (Å²) < 4.78 is 2.40. The Morgan fingerprint density at radius 1 is 1.24 bits per heavy atom. The van der Waals surface area contributed by atoms with Crippen molar-refractivity contribution < 1.29 is 4.92 Å². The second-order valence-corrected chi connectivity index (χ2v) is 7.65. The van der Waals surface area contributed by atoms with Gasteiger partial charge in [-0.15, -0.1) is 0 Å². The summed E-state index contributed by atoms with van der Waals surface area (Å²) in [6.45, 7) is 5.33. The molecule has 2 aromatic heterocycles. The third-order valence-corrected chi connectivity index (χ3v) is 5.62. The predicted octanol–water partition coefficient (Wildman–Crippen LogP) is 4.44. The fraction of sp³-hybridized carbons (Fsp3) is 0.150. The number of thiazole rings is 1. The molecule has 0 aliphatic heterocycles. The van der Waals surface area contributed by atoms with E-state index in [0.717, 1.165) is 15.8 Å². The van der Waals surface area contributed by atoms with Crippen molar-refractivity contribution in [2.45, 2.75) is 20.8 Å². The van der Waals surface area contributed by atoms with Crippen LogP contribution >= 0.6 is 11.3 Å². The Bertz CT molecular complexity index is 1310. The number of nitro groups is 1. The number of aliphatic imine (C=N–C) groups is 1. The summed E-state index contributed by atoms with van der Waals surface area (Å²) in [4.78, 5) is 32.7. The fourth-order valence-corrected chi connectivity index (χ4v) is 4.06. The molecule has 0 unspecified atom stereocenters. The Morgan fingerprint density at radius 2 is 2.00 bits per heavy atom. The maximum Gasteiger partial charge on any atom is 0.282 e. The van der Waals surface area contributed by atoms with Crippen LogP contribution in [0.2, 0.25) is 0 Å². The van der Waals surface area contributed by atoms with Gasteiger partial charge in [-0.25, -0.2) is 4.98 Å². The van der Waals surface area contributed by atoms with Crippen LogP contribution in [0.1, 0.15) is 23.7 Å². The number of fused-ring (bicyclic) bond motifs is 1. The van der Waals surface area contributed by atoms with Gasteiger partial charge in [0.15, 0.2) is 0 Å². The van der Waals surface area contributed by atoms with E-state index in [9.17, 15) is 14.9 Å². The van der Waals surface area contributed by atoms with Gasteiger partial charge in [-0.05, 0) is 38.5 Å². The smallest absolute Gasteiger partial charge is 0.282 e. The fourth-order valence-electron chi connectivity index (χ4n) is 3.13. The number of nitrogens with one attached hydrogen (secondary N) is 1. The van der Waals surface area contributed by atoms with Crippen LogP contribution in [0.5, 0.6) is 0 Å². The molecule has 2 heterocycles. The molecule has 0 saturated heterocycles. The highest BCUT2D eigenvalue weighted by molar-refractivity contribution is 7.20. The minimum Gasteiger partial charge on any atom is -0.293 e. The van der Waals surface area contributed by atoms with Crippen LogP contribution in [0.4, 0.5) is 11.4 Å². The van der Waals surface area contributed by atoms with E-state index in [1.165, 1.54) is 28.2 Å². The molecule has 0 aliphatic rings. The van der Waals surface area contributed by atoms with Gasteiger partial charge in [0.2, 0.25) is 5.13 Å². The van der Waals surface area contributed by atoms with Crippen molar-refractivity contribution in [3.05, 3.63) is 79.8 Å². The normalized spacial score (nSPS) is 11.9. The number of non-ortho nitro benzene ring substituents is 1. The summed E-state index contributed by atoms with van der Waals surface area (Å²) in [5.41, 5.74) is 3.33. The maximum absolute atomic E-state index is 13.1. The molecule has 4 aromatic rings. The van der Waals surface area contributed by atoms with Crippen molar-refractivity contribution in [2.24, 2.45) is 4.99 Å². The van der Waals surface area contributed by atoms with Crippen LogP contribution in [0, 0.1) is 24.0 Å². The lowest BCUT2D eigenvalue weighted by molar-refractivity contribution is -0.384. The number of aromatic nitrogens is 3. The zero-order valence-corrected chi connectivity index (χ0v) is 16.8. The van der Waals surface area contributed by atoms with Crippen molar-refractivity contribution >= 4 is 38.6 Å². The Morgan fingerprint density at radius 3 is 2.72 bits per heavy atom. The van der Waals surface area contributed by atoms with E-state index in [0.29, 0.717) is 27.8 Å². The molecule has 146 valence electrons. The van der Waals surface area contributed by atoms with Gasteiger partial charge in [-0.1, -0.05) is 29.5 Å². The number of aromatic amines is 1. The summed E-state index contributed by atoms with van der Waals surface area (Å²) in [5.74, 6) is 0. The van der Waals surface area contributed by atoms with Gasteiger partial charge >= 0.3 is 0 Å². The molecule has 2 aromatic carbocycles. The van der Waals surface area contributed by atoms with Crippen molar-refractivity contribution in [1.29, 1.82) is 0 Å². The molecule has 0 atom stereocenters. The molecule has 29 heavy (non-hydrogen) atoms. The highest BCUT2D eigenvalue weighted by atomic mass is 32.1. The summed E-state index contributed by atoms with van der Waals surface area (Å²) >= 11 is 1.42. The number of hydrogen-bond donors (Lipinski definition) is 1. The average molecular weight is 407 g/mol. The number of rotatable bonds is 4. The lowest BCUT2D eigenvalue weighted by Gasteiger charge is -2.02. The number of hydrogen-bond acceptors (Lipinski definition) is 6. The van der Waals surface area contributed by atoms with Gasteiger partial charge in [-0.2, -0.15) is 4.68 Å². The number of aryl methyl sites for hydroxylation is 2. The van der Waals surface area contributed by atoms with Crippen molar-refractivity contribution in [1.82, 2.24) is 14.8 Å². The summed E-state index contributed by atoms with van der Waals surface area (Å²) in [7, 11) is 0. The second-order valence-electron chi connectivity index (χ2n) is 6.64. The molecule has 0 aliphatic carbocycles. The molecule has 0 spiro atoms. The molecular weight excluding hydrogens is 390 g/mol. The molecule has 9 heteroatoms. The first kappa shape index (κ1) is 18.8.